The van der Waals surface area contributed by atoms with Gasteiger partial charge in [0.15, 0.2) is 5.82 Å². The van der Waals surface area contributed by atoms with Crippen LogP contribution >= 0.6 is 7.75 Å². The normalized spacial score (nSPS) is 26.2. The van der Waals surface area contributed by atoms with E-state index in [0.29, 0.717) is 5.52 Å². The summed E-state index contributed by atoms with van der Waals surface area (Å²) < 4.78 is 31.3. The van der Waals surface area contributed by atoms with E-state index < -0.39 is 50.3 Å². The maximum absolute atomic E-state index is 13.4. The molecule has 0 amide bonds. The van der Waals surface area contributed by atoms with Crippen LogP contribution in [0.3, 0.4) is 0 Å². The zero-order chi connectivity index (χ0) is 26.1. The van der Waals surface area contributed by atoms with Crippen molar-refractivity contribution in [3.05, 3.63) is 54.5 Å². The molecule has 0 unspecified atom stereocenters. The Hall–Kier alpha value is -3.57. The molecular weight excluding hydrogens is 495 g/mol. The first-order valence-electron chi connectivity index (χ1n) is 10.6. The van der Waals surface area contributed by atoms with Gasteiger partial charge < -0.3 is 30.3 Å². The van der Waals surface area contributed by atoms with Gasteiger partial charge in [0.25, 0.3) is 0 Å². The average molecular weight is 518 g/mol. The van der Waals surface area contributed by atoms with Crippen LogP contribution in [0.5, 0.6) is 5.75 Å². The fourth-order valence-electron chi connectivity index (χ4n) is 3.72. The Morgan fingerprint density at radius 2 is 2.08 bits per heavy atom. The molecule has 6 atom stereocenters. The lowest BCUT2D eigenvalue weighted by Crippen LogP contribution is -2.41. The third-order valence-corrected chi connectivity index (χ3v) is 7.23. The summed E-state index contributed by atoms with van der Waals surface area (Å²) in [6.07, 6.45) is -3.62. The number of carboxylic acid groups (broad SMARTS) is 1. The molecule has 15 heteroatoms. The summed E-state index contributed by atoms with van der Waals surface area (Å²) in [6.45, 7) is 0.606. The molecule has 1 fully saturated rings. The van der Waals surface area contributed by atoms with Crippen molar-refractivity contribution in [1.82, 2.24) is 19.7 Å². The Morgan fingerprint density at radius 3 is 2.75 bits per heavy atom. The van der Waals surface area contributed by atoms with Gasteiger partial charge in [-0.1, -0.05) is 18.2 Å². The van der Waals surface area contributed by atoms with Gasteiger partial charge in [-0.2, -0.15) is 15.4 Å². The minimum atomic E-state index is -4.33. The van der Waals surface area contributed by atoms with Crippen LogP contribution in [0.15, 0.2) is 48.8 Å². The van der Waals surface area contributed by atoms with Gasteiger partial charge in [-0.25, -0.2) is 14.1 Å². The number of aromatic nitrogens is 3. The minimum Gasteiger partial charge on any atom is -0.480 e. The molecule has 3 heterocycles. The lowest BCUT2D eigenvalue weighted by molar-refractivity contribution is -0.138. The van der Waals surface area contributed by atoms with Crippen molar-refractivity contribution in [2.75, 3.05) is 12.3 Å². The molecule has 190 valence electrons. The number of aliphatic hydroxyl groups is 2. The third-order valence-electron chi connectivity index (χ3n) is 5.59. The summed E-state index contributed by atoms with van der Waals surface area (Å²) in [5.41, 5.74) is 4.17. The summed E-state index contributed by atoms with van der Waals surface area (Å²) in [6, 6.07) is 11.4. The predicted octanol–water partition coefficient (Wildman–Crippen LogP) is 0.417. The molecule has 0 bridgehead atoms. The molecule has 36 heavy (non-hydrogen) atoms. The van der Waals surface area contributed by atoms with Crippen molar-refractivity contribution >= 4 is 25.1 Å². The van der Waals surface area contributed by atoms with Crippen molar-refractivity contribution in [2.24, 2.45) is 0 Å². The van der Waals surface area contributed by atoms with E-state index in [4.69, 9.17) is 19.5 Å². The summed E-state index contributed by atoms with van der Waals surface area (Å²) in [5.74, 6) is -1.06. The number of fused-ring (bicyclic) bond motifs is 1. The number of benzene rings is 1. The second kappa shape index (κ2) is 9.82. The highest BCUT2D eigenvalue weighted by atomic mass is 31.2. The van der Waals surface area contributed by atoms with Gasteiger partial charge in [0.05, 0.1) is 12.3 Å². The van der Waals surface area contributed by atoms with E-state index in [2.05, 4.69) is 15.2 Å². The SMILES string of the molecule is C[C@H](N[P@](=O)(OC[C@@H]1O[C@](C#N)(c2ccc3c(N)ncnn23)[C@H](O)[C@@H]1O)Oc1ccccc1)C(=O)O. The first-order chi connectivity index (χ1) is 17.1. The number of carboxylic acids is 1. The fraction of sp³-hybridized carbons (Fsp3) is 0.333. The number of nitrogens with zero attached hydrogens (tertiary/aromatic N) is 4. The van der Waals surface area contributed by atoms with E-state index in [0.717, 1.165) is 6.33 Å². The van der Waals surface area contributed by atoms with Crippen LogP contribution in [-0.4, -0.2) is 66.8 Å². The van der Waals surface area contributed by atoms with Gasteiger partial charge in [-0.05, 0) is 31.2 Å². The first kappa shape index (κ1) is 25.5. The maximum atomic E-state index is 13.4. The van der Waals surface area contributed by atoms with Crippen LogP contribution in [0.2, 0.25) is 0 Å². The second-order valence-electron chi connectivity index (χ2n) is 7.99. The Kier molecular flexibility index (Phi) is 6.96. The van der Waals surface area contributed by atoms with Crippen LogP contribution in [-0.2, 0) is 24.2 Å². The molecular formula is C21H23N6O8P. The standard InChI is InChI=1S/C21H23N6O8P/c1-12(20(30)31)26-36(32,35-13-5-3-2-4-6-13)33-9-15-17(28)18(29)21(10-22,34-15)16-8-7-14-19(23)24-11-25-27(14)16/h2-8,11-12,15,17-18,28-29H,9H2,1H3,(H,26,32)(H,30,31)(H2,23,24,25)/t12-,15-,17+,18+,21+,36-/m0/s1. The molecule has 0 radical (unpaired) electrons. The number of hydrogen-bond donors (Lipinski definition) is 5. The Bertz CT molecular complexity index is 1350. The molecule has 3 aromatic rings. The number of nitrogens with two attached hydrogens (primary N) is 1. The van der Waals surface area contributed by atoms with E-state index in [1.54, 1.807) is 18.2 Å². The van der Waals surface area contributed by atoms with Crippen molar-refractivity contribution in [1.29, 1.82) is 5.26 Å². The second-order valence-corrected chi connectivity index (χ2v) is 9.68. The van der Waals surface area contributed by atoms with E-state index in [1.807, 2.05) is 6.07 Å². The number of nitrogens with one attached hydrogen (secondary N) is 1. The lowest BCUT2D eigenvalue weighted by atomic mass is 9.92. The molecule has 6 N–H and O–H groups in total. The number of nitriles is 1. The highest BCUT2D eigenvalue weighted by Gasteiger charge is 2.58. The van der Waals surface area contributed by atoms with Crippen LogP contribution in [0, 0.1) is 11.3 Å². The van der Waals surface area contributed by atoms with Crippen molar-refractivity contribution in [3.8, 4) is 11.8 Å². The quantitative estimate of drug-likeness (QED) is 0.243. The van der Waals surface area contributed by atoms with Gasteiger partial charge in [-0.15, -0.1) is 0 Å². The largest absolute Gasteiger partial charge is 0.480 e. The van der Waals surface area contributed by atoms with Gasteiger partial charge in [0.2, 0.25) is 5.60 Å². The van der Waals surface area contributed by atoms with Crippen molar-refractivity contribution < 1.29 is 38.5 Å². The fourth-order valence-corrected chi connectivity index (χ4v) is 5.23. The summed E-state index contributed by atoms with van der Waals surface area (Å²) in [5, 5.41) is 47.1. The van der Waals surface area contributed by atoms with Crippen LogP contribution in [0.4, 0.5) is 5.82 Å². The minimum absolute atomic E-state index is 0.0736. The van der Waals surface area contributed by atoms with Gasteiger partial charge in [-0.3, -0.25) is 9.32 Å². The number of nitrogen functional groups attached to an aromatic ring is 1. The average Bonchev–Trinajstić information content (AvgIpc) is 3.39. The number of rotatable bonds is 9. The predicted molar refractivity (Wildman–Crippen MR) is 122 cm³/mol. The highest BCUT2D eigenvalue weighted by Crippen LogP contribution is 2.47. The van der Waals surface area contributed by atoms with Crippen LogP contribution in [0.1, 0.15) is 12.6 Å². The number of para-hydroxylation sites is 1. The maximum Gasteiger partial charge on any atom is 0.459 e. The zero-order valence-electron chi connectivity index (χ0n) is 18.8. The molecule has 1 saturated heterocycles. The lowest BCUT2D eigenvalue weighted by Gasteiger charge is -2.25. The number of aliphatic carboxylic acids is 1. The van der Waals surface area contributed by atoms with E-state index in [1.165, 1.54) is 35.7 Å². The molecule has 0 spiro atoms. The molecule has 1 aliphatic heterocycles. The molecule has 14 nitrogen and oxygen atoms in total. The Labute approximate surface area is 204 Å². The van der Waals surface area contributed by atoms with Gasteiger partial charge in [0.1, 0.15) is 48.0 Å². The number of aliphatic hydroxyl groups excluding tert-OH is 2. The molecule has 1 aliphatic rings. The molecule has 2 aromatic heterocycles. The third kappa shape index (κ3) is 4.63. The summed E-state index contributed by atoms with van der Waals surface area (Å²) >= 11 is 0. The Balaban J connectivity index is 1.59. The number of anilines is 1. The first-order valence-corrected chi connectivity index (χ1v) is 12.2. The van der Waals surface area contributed by atoms with Crippen LogP contribution < -0.4 is 15.3 Å². The smallest absolute Gasteiger partial charge is 0.459 e. The van der Waals surface area contributed by atoms with Crippen molar-refractivity contribution in [2.45, 2.75) is 36.9 Å². The van der Waals surface area contributed by atoms with E-state index in [9.17, 15) is 29.9 Å². The van der Waals surface area contributed by atoms with Crippen molar-refractivity contribution in [3.63, 3.8) is 0 Å². The highest BCUT2D eigenvalue weighted by molar-refractivity contribution is 7.52. The Morgan fingerprint density at radius 1 is 1.36 bits per heavy atom. The number of ether oxygens (including phenoxy) is 1. The van der Waals surface area contributed by atoms with E-state index in [-0.39, 0.29) is 17.3 Å². The summed E-state index contributed by atoms with van der Waals surface area (Å²) in [4.78, 5) is 15.2. The summed E-state index contributed by atoms with van der Waals surface area (Å²) in [7, 11) is -4.33. The molecule has 1 aromatic carbocycles. The zero-order valence-corrected chi connectivity index (χ0v) is 19.7. The van der Waals surface area contributed by atoms with Crippen LogP contribution in [0.25, 0.3) is 5.52 Å². The molecule has 0 saturated carbocycles. The monoisotopic (exact) mass is 518 g/mol. The van der Waals surface area contributed by atoms with Gasteiger partial charge in [0, 0.05) is 0 Å². The topological polar surface area (TPSA) is 215 Å². The number of carbonyl (C=O) groups is 1. The van der Waals surface area contributed by atoms with E-state index >= 15 is 0 Å². The molecule has 0 aliphatic carbocycles. The number of hydrogen-bond acceptors (Lipinski definition) is 11. The van der Waals surface area contributed by atoms with Gasteiger partial charge >= 0.3 is 13.7 Å². The molecule has 4 rings (SSSR count).